The number of primary sulfonamides is 1. The van der Waals surface area contributed by atoms with Crippen molar-refractivity contribution >= 4 is 48.7 Å². The summed E-state index contributed by atoms with van der Waals surface area (Å²) >= 11 is 6.15. The maximum absolute atomic E-state index is 11.6. The van der Waals surface area contributed by atoms with Crippen LogP contribution in [-0.4, -0.2) is 30.2 Å². The molecule has 0 aliphatic heterocycles. The topological polar surface area (TPSA) is 128 Å². The number of rotatable bonds is 6. The molecule has 0 spiro atoms. The highest BCUT2D eigenvalue weighted by atomic mass is 35.5. The largest absolute Gasteiger partial charge is 0.497 e. The lowest BCUT2D eigenvalue weighted by Gasteiger charge is -2.15. The van der Waals surface area contributed by atoms with Crippen molar-refractivity contribution in [2.75, 3.05) is 23.4 Å². The fourth-order valence-electron chi connectivity index (χ4n) is 1.96. The Labute approximate surface area is 151 Å². The minimum Gasteiger partial charge on any atom is -0.497 e. The van der Waals surface area contributed by atoms with E-state index in [2.05, 4.69) is 10.0 Å². The van der Waals surface area contributed by atoms with E-state index in [-0.39, 0.29) is 16.3 Å². The van der Waals surface area contributed by atoms with Crippen LogP contribution in [0.15, 0.2) is 41.3 Å². The first kappa shape index (κ1) is 19.3. The number of methoxy groups -OCH3 is 1. The minimum absolute atomic E-state index is 0.141. The molecule has 25 heavy (non-hydrogen) atoms. The zero-order chi connectivity index (χ0) is 18.8. The number of anilines is 3. The van der Waals surface area contributed by atoms with Crippen LogP contribution in [-0.2, 0) is 20.0 Å². The molecule has 11 heteroatoms. The van der Waals surface area contributed by atoms with Gasteiger partial charge in [0.1, 0.15) is 5.75 Å². The van der Waals surface area contributed by atoms with Gasteiger partial charge in [0.25, 0.3) is 0 Å². The summed E-state index contributed by atoms with van der Waals surface area (Å²) in [5, 5.41) is 8.32. The Morgan fingerprint density at radius 1 is 1.00 bits per heavy atom. The molecule has 2 rings (SSSR count). The second-order valence-corrected chi connectivity index (χ2v) is 8.81. The van der Waals surface area contributed by atoms with Gasteiger partial charge in [-0.3, -0.25) is 4.72 Å². The highest BCUT2D eigenvalue weighted by Gasteiger charge is 2.15. The van der Waals surface area contributed by atoms with E-state index in [0.29, 0.717) is 16.5 Å². The fraction of sp³-hybridized carbons (Fsp3) is 0.143. The Hall–Kier alpha value is -2.01. The Balaban J connectivity index is 2.52. The molecule has 4 N–H and O–H groups in total. The molecular weight excluding hydrogens is 390 g/mol. The molecule has 8 nitrogen and oxygen atoms in total. The summed E-state index contributed by atoms with van der Waals surface area (Å²) < 4.78 is 53.5. The molecule has 0 unspecified atom stereocenters. The first-order valence-electron chi connectivity index (χ1n) is 6.75. The van der Waals surface area contributed by atoms with Crippen molar-refractivity contribution in [1.82, 2.24) is 0 Å². The van der Waals surface area contributed by atoms with Crippen molar-refractivity contribution in [3.05, 3.63) is 41.4 Å². The molecule has 0 radical (unpaired) electrons. The Morgan fingerprint density at radius 2 is 1.64 bits per heavy atom. The lowest BCUT2D eigenvalue weighted by atomic mass is 10.2. The number of ether oxygens (including phenoxy) is 1. The molecule has 0 atom stereocenters. The number of benzene rings is 2. The highest BCUT2D eigenvalue weighted by Crippen LogP contribution is 2.33. The lowest BCUT2D eigenvalue weighted by Crippen LogP contribution is -2.14. The van der Waals surface area contributed by atoms with Crippen molar-refractivity contribution in [3.63, 3.8) is 0 Å². The first-order chi connectivity index (χ1) is 11.5. The van der Waals surface area contributed by atoms with E-state index < -0.39 is 20.0 Å². The highest BCUT2D eigenvalue weighted by molar-refractivity contribution is 7.92. The van der Waals surface area contributed by atoms with Gasteiger partial charge in [-0.2, -0.15) is 0 Å². The van der Waals surface area contributed by atoms with Gasteiger partial charge in [0.2, 0.25) is 20.0 Å². The van der Waals surface area contributed by atoms with Gasteiger partial charge in [0, 0.05) is 6.07 Å². The van der Waals surface area contributed by atoms with Gasteiger partial charge in [-0.25, -0.2) is 22.0 Å². The SMILES string of the molecule is COc1ccc(Nc2cc(S(N)(=O)=O)ccc2NS(C)(=O)=O)c(Cl)c1. The van der Waals surface area contributed by atoms with Crippen LogP contribution in [0, 0.1) is 0 Å². The molecule has 0 bridgehead atoms. The maximum atomic E-state index is 11.6. The van der Waals surface area contributed by atoms with Gasteiger partial charge < -0.3 is 10.1 Å². The minimum atomic E-state index is -3.97. The molecule has 0 aliphatic rings. The van der Waals surface area contributed by atoms with Gasteiger partial charge >= 0.3 is 0 Å². The van der Waals surface area contributed by atoms with Gasteiger partial charge in [-0.15, -0.1) is 0 Å². The number of sulfonamides is 2. The van der Waals surface area contributed by atoms with Crippen molar-refractivity contribution in [2.24, 2.45) is 5.14 Å². The Morgan fingerprint density at radius 3 is 2.16 bits per heavy atom. The van der Waals surface area contributed by atoms with Crippen molar-refractivity contribution < 1.29 is 21.6 Å². The van der Waals surface area contributed by atoms with Crippen LogP contribution in [0.4, 0.5) is 17.1 Å². The number of nitrogens with one attached hydrogen (secondary N) is 2. The van der Waals surface area contributed by atoms with Crippen LogP contribution in [0.2, 0.25) is 5.02 Å². The summed E-state index contributed by atoms with van der Waals surface area (Å²) in [4.78, 5) is -0.182. The summed E-state index contributed by atoms with van der Waals surface area (Å²) in [6.07, 6.45) is 0.977. The molecule has 2 aromatic rings. The number of hydrogen-bond acceptors (Lipinski definition) is 6. The second-order valence-electron chi connectivity index (χ2n) is 5.10. The van der Waals surface area contributed by atoms with E-state index in [9.17, 15) is 16.8 Å². The predicted molar refractivity (Wildman–Crippen MR) is 97.6 cm³/mol. The van der Waals surface area contributed by atoms with Crippen molar-refractivity contribution in [3.8, 4) is 5.75 Å². The third-order valence-electron chi connectivity index (χ3n) is 3.06. The van der Waals surface area contributed by atoms with Crippen LogP contribution in [0.1, 0.15) is 0 Å². The molecule has 136 valence electrons. The Bertz CT molecular complexity index is 1010. The number of hydrogen-bond donors (Lipinski definition) is 3. The third kappa shape index (κ3) is 5.23. The maximum Gasteiger partial charge on any atom is 0.238 e. The summed E-state index contributed by atoms with van der Waals surface area (Å²) in [5.74, 6) is 0.531. The van der Waals surface area contributed by atoms with E-state index in [4.69, 9.17) is 21.5 Å². The van der Waals surface area contributed by atoms with E-state index in [1.165, 1.54) is 25.3 Å². The molecular formula is C14H16ClN3O5S2. The summed E-state index contributed by atoms with van der Waals surface area (Å²) in [6.45, 7) is 0. The van der Waals surface area contributed by atoms with Crippen molar-refractivity contribution in [1.29, 1.82) is 0 Å². The van der Waals surface area contributed by atoms with Gasteiger partial charge in [0.15, 0.2) is 0 Å². The molecule has 0 saturated carbocycles. The number of nitrogens with two attached hydrogens (primary N) is 1. The summed E-state index contributed by atoms with van der Waals surface area (Å²) in [5.41, 5.74) is 0.733. The first-order valence-corrected chi connectivity index (χ1v) is 10.6. The van der Waals surface area contributed by atoms with Crippen LogP contribution < -0.4 is 19.9 Å². The van der Waals surface area contributed by atoms with E-state index in [1.807, 2.05) is 0 Å². The second kappa shape index (κ2) is 7.08. The molecule has 0 aromatic heterocycles. The van der Waals surface area contributed by atoms with Crippen LogP contribution >= 0.6 is 11.6 Å². The third-order valence-corrected chi connectivity index (χ3v) is 4.87. The van der Waals surface area contributed by atoms with Crippen LogP contribution in [0.3, 0.4) is 0 Å². The van der Waals surface area contributed by atoms with Gasteiger partial charge in [-0.1, -0.05) is 11.6 Å². The summed E-state index contributed by atoms with van der Waals surface area (Å²) in [6, 6.07) is 8.50. The predicted octanol–water partition coefficient (Wildman–Crippen LogP) is 2.11. The van der Waals surface area contributed by atoms with Crippen LogP contribution in [0.5, 0.6) is 5.75 Å². The molecule has 0 fully saturated rings. The van der Waals surface area contributed by atoms with Gasteiger partial charge in [-0.05, 0) is 30.3 Å². The normalized spacial score (nSPS) is 11.8. The van der Waals surface area contributed by atoms with E-state index in [0.717, 1.165) is 6.26 Å². The van der Waals surface area contributed by atoms with Crippen molar-refractivity contribution in [2.45, 2.75) is 4.90 Å². The van der Waals surface area contributed by atoms with Crippen LogP contribution in [0.25, 0.3) is 0 Å². The fourth-order valence-corrected chi connectivity index (χ4v) is 3.30. The van der Waals surface area contributed by atoms with E-state index in [1.54, 1.807) is 18.2 Å². The molecule has 0 heterocycles. The molecule has 0 amide bonds. The lowest BCUT2D eigenvalue weighted by molar-refractivity contribution is 0.415. The average molecular weight is 406 g/mol. The summed E-state index contributed by atoms with van der Waals surface area (Å²) in [7, 11) is -6.07. The smallest absolute Gasteiger partial charge is 0.238 e. The Kier molecular flexibility index (Phi) is 5.47. The quantitative estimate of drug-likeness (QED) is 0.675. The molecule has 2 aromatic carbocycles. The number of halogens is 1. The zero-order valence-corrected chi connectivity index (χ0v) is 15.7. The molecule has 0 aliphatic carbocycles. The van der Waals surface area contributed by atoms with E-state index >= 15 is 0 Å². The zero-order valence-electron chi connectivity index (χ0n) is 13.3. The average Bonchev–Trinajstić information content (AvgIpc) is 2.48. The monoisotopic (exact) mass is 405 g/mol. The molecule has 0 saturated heterocycles. The standard InChI is InChI=1S/C14H16ClN3O5S2/c1-23-9-3-5-12(11(15)7-9)17-14-8-10(25(16,21)22)4-6-13(14)18-24(2,19)20/h3-8,17-18H,1-2H3,(H2,16,21,22). The van der Waals surface area contributed by atoms with Gasteiger partial charge in [0.05, 0.1) is 40.3 Å².